The molecule has 0 bridgehead atoms. The molecule has 19 heavy (non-hydrogen) atoms. The summed E-state index contributed by atoms with van der Waals surface area (Å²) in [5.41, 5.74) is 3.29. The van der Waals surface area contributed by atoms with Gasteiger partial charge in [-0.2, -0.15) is 0 Å². The minimum atomic E-state index is -0.483. The molecule has 1 rings (SSSR count). The second-order valence-electron chi connectivity index (χ2n) is 4.08. The van der Waals surface area contributed by atoms with Gasteiger partial charge in [0, 0.05) is 12.0 Å². The molecule has 0 radical (unpaired) electrons. The Morgan fingerprint density at radius 3 is 2.53 bits per heavy atom. The lowest BCUT2D eigenvalue weighted by molar-refractivity contribution is -0.143. The van der Waals surface area contributed by atoms with E-state index in [0.29, 0.717) is 30.5 Å². The number of nitrogen functional groups attached to an aromatic ring is 1. The third-order valence-corrected chi connectivity index (χ3v) is 2.64. The quantitative estimate of drug-likeness (QED) is 0.401. The third kappa shape index (κ3) is 3.78. The molecule has 1 atom stereocenters. The molecule has 0 spiro atoms. The van der Waals surface area contributed by atoms with Crippen molar-refractivity contribution >= 4 is 17.6 Å². The molecule has 0 aliphatic carbocycles. The molecule has 0 fully saturated rings. The summed E-state index contributed by atoms with van der Waals surface area (Å²) in [6, 6.07) is -0.483. The molecule has 0 saturated heterocycles. The number of carbonyl (C=O) groups is 1. The SMILES string of the molecule is CCOC(=O)C(C)Nc1nc(CC)nc(NN)c1C. The maximum absolute atomic E-state index is 11.6. The molecule has 0 aliphatic rings. The summed E-state index contributed by atoms with van der Waals surface area (Å²) in [5.74, 6) is 6.88. The van der Waals surface area contributed by atoms with E-state index >= 15 is 0 Å². The van der Waals surface area contributed by atoms with Crippen molar-refractivity contribution in [2.45, 2.75) is 40.2 Å². The molecule has 7 nitrogen and oxygen atoms in total. The van der Waals surface area contributed by atoms with Gasteiger partial charge in [0.1, 0.15) is 23.5 Å². The van der Waals surface area contributed by atoms with Crippen LogP contribution in [0.25, 0.3) is 0 Å². The fourth-order valence-electron chi connectivity index (χ4n) is 1.53. The highest BCUT2D eigenvalue weighted by atomic mass is 16.5. The minimum absolute atomic E-state index is 0.319. The molecule has 106 valence electrons. The number of nitrogens with one attached hydrogen (secondary N) is 2. The van der Waals surface area contributed by atoms with Crippen LogP contribution in [-0.2, 0) is 16.0 Å². The van der Waals surface area contributed by atoms with Gasteiger partial charge in [0.05, 0.1) is 6.61 Å². The van der Waals surface area contributed by atoms with Crippen LogP contribution in [0.4, 0.5) is 11.6 Å². The first-order chi connectivity index (χ1) is 9.03. The topological polar surface area (TPSA) is 102 Å². The second-order valence-corrected chi connectivity index (χ2v) is 4.08. The van der Waals surface area contributed by atoms with Gasteiger partial charge in [-0.3, -0.25) is 0 Å². The number of nitrogens with zero attached hydrogens (tertiary/aromatic N) is 2. The average molecular weight is 267 g/mol. The fourth-order valence-corrected chi connectivity index (χ4v) is 1.53. The third-order valence-electron chi connectivity index (χ3n) is 2.64. The van der Waals surface area contributed by atoms with Gasteiger partial charge in [-0.25, -0.2) is 20.6 Å². The number of ether oxygens (including phenoxy) is 1. The Morgan fingerprint density at radius 2 is 2.00 bits per heavy atom. The smallest absolute Gasteiger partial charge is 0.328 e. The Morgan fingerprint density at radius 1 is 1.37 bits per heavy atom. The van der Waals surface area contributed by atoms with E-state index in [9.17, 15) is 4.79 Å². The van der Waals surface area contributed by atoms with Gasteiger partial charge in [0.2, 0.25) is 0 Å². The van der Waals surface area contributed by atoms with E-state index in [1.807, 2.05) is 13.8 Å². The lowest BCUT2D eigenvalue weighted by Gasteiger charge is -2.17. The molecule has 1 aromatic rings. The normalized spacial score (nSPS) is 11.8. The molecule has 0 amide bonds. The Labute approximate surface area is 112 Å². The molecule has 0 aromatic carbocycles. The summed E-state index contributed by atoms with van der Waals surface area (Å²) in [7, 11) is 0. The maximum atomic E-state index is 11.6. The van der Waals surface area contributed by atoms with Crippen molar-refractivity contribution in [1.29, 1.82) is 0 Å². The average Bonchev–Trinajstić information content (AvgIpc) is 2.41. The van der Waals surface area contributed by atoms with Crippen LogP contribution in [0.3, 0.4) is 0 Å². The van der Waals surface area contributed by atoms with Crippen LogP contribution >= 0.6 is 0 Å². The monoisotopic (exact) mass is 267 g/mol. The van der Waals surface area contributed by atoms with Gasteiger partial charge in [-0.15, -0.1) is 0 Å². The zero-order chi connectivity index (χ0) is 14.4. The van der Waals surface area contributed by atoms with E-state index < -0.39 is 6.04 Å². The standard InChI is InChI=1S/C12H21N5O2/c1-5-9-15-10(7(3)11(16-9)17-13)14-8(4)12(18)19-6-2/h8H,5-6,13H2,1-4H3,(H2,14,15,16,17). The van der Waals surface area contributed by atoms with Crippen LogP contribution < -0.4 is 16.6 Å². The molecule has 1 unspecified atom stereocenters. The summed E-state index contributed by atoms with van der Waals surface area (Å²) in [6.45, 7) is 7.62. The van der Waals surface area contributed by atoms with Crippen molar-refractivity contribution in [3.8, 4) is 0 Å². The van der Waals surface area contributed by atoms with Crippen LogP contribution in [-0.4, -0.2) is 28.6 Å². The summed E-state index contributed by atoms with van der Waals surface area (Å²) >= 11 is 0. The number of hydrogen-bond donors (Lipinski definition) is 3. The Balaban J connectivity index is 2.96. The summed E-state index contributed by atoms with van der Waals surface area (Å²) < 4.78 is 4.94. The highest BCUT2D eigenvalue weighted by molar-refractivity contribution is 5.79. The van der Waals surface area contributed by atoms with Gasteiger partial charge < -0.3 is 15.5 Å². The van der Waals surface area contributed by atoms with E-state index in [1.165, 1.54) is 0 Å². The van der Waals surface area contributed by atoms with E-state index in [1.54, 1.807) is 13.8 Å². The zero-order valence-corrected chi connectivity index (χ0v) is 11.8. The molecular weight excluding hydrogens is 246 g/mol. The van der Waals surface area contributed by atoms with Crippen LogP contribution in [0.2, 0.25) is 0 Å². The van der Waals surface area contributed by atoms with Crippen LogP contribution in [0, 0.1) is 6.92 Å². The molecule has 0 saturated carbocycles. The largest absolute Gasteiger partial charge is 0.464 e. The van der Waals surface area contributed by atoms with Gasteiger partial charge in [0.25, 0.3) is 0 Å². The minimum Gasteiger partial charge on any atom is -0.464 e. The number of hydrazine groups is 1. The van der Waals surface area contributed by atoms with Crippen molar-refractivity contribution in [1.82, 2.24) is 9.97 Å². The van der Waals surface area contributed by atoms with Crippen molar-refractivity contribution in [2.75, 3.05) is 17.3 Å². The molecule has 7 heteroatoms. The van der Waals surface area contributed by atoms with Crippen molar-refractivity contribution in [3.05, 3.63) is 11.4 Å². The zero-order valence-electron chi connectivity index (χ0n) is 11.8. The highest BCUT2D eigenvalue weighted by Gasteiger charge is 2.17. The van der Waals surface area contributed by atoms with E-state index in [4.69, 9.17) is 10.6 Å². The Bertz CT molecular complexity index is 450. The fraction of sp³-hybridized carbons (Fsp3) is 0.583. The van der Waals surface area contributed by atoms with Crippen LogP contribution in [0.1, 0.15) is 32.2 Å². The molecule has 4 N–H and O–H groups in total. The van der Waals surface area contributed by atoms with E-state index in [2.05, 4.69) is 20.7 Å². The second kappa shape index (κ2) is 6.89. The number of nitrogens with two attached hydrogens (primary N) is 1. The van der Waals surface area contributed by atoms with Crippen molar-refractivity contribution < 1.29 is 9.53 Å². The number of anilines is 2. The van der Waals surface area contributed by atoms with Gasteiger partial charge >= 0.3 is 5.97 Å². The first-order valence-corrected chi connectivity index (χ1v) is 6.30. The predicted octanol–water partition coefficient (Wildman–Crippen LogP) is 0.997. The Kier molecular flexibility index (Phi) is 5.50. The summed E-state index contributed by atoms with van der Waals surface area (Å²) in [5, 5.41) is 3.02. The summed E-state index contributed by atoms with van der Waals surface area (Å²) in [4.78, 5) is 20.2. The predicted molar refractivity (Wildman–Crippen MR) is 73.7 cm³/mol. The molecular formula is C12H21N5O2. The van der Waals surface area contributed by atoms with Gasteiger partial charge in [-0.05, 0) is 20.8 Å². The lowest BCUT2D eigenvalue weighted by Crippen LogP contribution is -2.29. The Hall–Kier alpha value is -1.89. The van der Waals surface area contributed by atoms with Gasteiger partial charge in [0.15, 0.2) is 0 Å². The van der Waals surface area contributed by atoms with Gasteiger partial charge in [-0.1, -0.05) is 6.92 Å². The molecule has 1 heterocycles. The first kappa shape index (κ1) is 15.2. The number of hydrogen-bond acceptors (Lipinski definition) is 7. The van der Waals surface area contributed by atoms with Crippen LogP contribution in [0.5, 0.6) is 0 Å². The van der Waals surface area contributed by atoms with Crippen LogP contribution in [0.15, 0.2) is 0 Å². The number of esters is 1. The lowest BCUT2D eigenvalue weighted by atomic mass is 10.2. The van der Waals surface area contributed by atoms with E-state index in [-0.39, 0.29) is 5.97 Å². The van der Waals surface area contributed by atoms with E-state index in [0.717, 1.165) is 5.56 Å². The molecule has 1 aromatic heterocycles. The number of rotatable bonds is 6. The number of aryl methyl sites for hydroxylation is 1. The van der Waals surface area contributed by atoms with Crippen molar-refractivity contribution in [2.24, 2.45) is 5.84 Å². The first-order valence-electron chi connectivity index (χ1n) is 6.30. The van der Waals surface area contributed by atoms with Crippen molar-refractivity contribution in [3.63, 3.8) is 0 Å². The maximum Gasteiger partial charge on any atom is 0.328 e. The number of aromatic nitrogens is 2. The highest BCUT2D eigenvalue weighted by Crippen LogP contribution is 2.20. The molecule has 0 aliphatic heterocycles. The number of carbonyl (C=O) groups excluding carboxylic acids is 1. The summed E-state index contributed by atoms with van der Waals surface area (Å²) in [6.07, 6.45) is 0.678.